The van der Waals surface area contributed by atoms with Crippen molar-refractivity contribution in [2.24, 2.45) is 0 Å². The maximum Gasteiger partial charge on any atom is 0.171 e. The second-order valence-corrected chi connectivity index (χ2v) is 5.43. The maximum atomic E-state index is 5.38. The van der Waals surface area contributed by atoms with Crippen LogP contribution in [-0.2, 0) is 6.54 Å². The Labute approximate surface area is 147 Å². The number of hydrogen-bond acceptors (Lipinski definition) is 5. The second-order valence-electron chi connectivity index (χ2n) is 5.03. The van der Waals surface area contributed by atoms with Crippen molar-refractivity contribution in [1.82, 2.24) is 29.7 Å². The Morgan fingerprint density at radius 3 is 2.92 bits per heavy atom. The molecular formula is C16H21N7S. The molecule has 0 aliphatic rings. The third-order valence-corrected chi connectivity index (χ3v) is 3.53. The Kier molecular flexibility index (Phi) is 6.66. The number of imidazole rings is 1. The summed E-state index contributed by atoms with van der Waals surface area (Å²) in [5, 5.41) is 6.57. The van der Waals surface area contributed by atoms with Crippen molar-refractivity contribution < 1.29 is 0 Å². The molecule has 0 aliphatic heterocycles. The van der Waals surface area contributed by atoms with Crippen LogP contribution in [-0.4, -0.2) is 49.2 Å². The van der Waals surface area contributed by atoms with E-state index in [0.29, 0.717) is 29.8 Å². The van der Waals surface area contributed by atoms with Crippen molar-refractivity contribution in [2.75, 3.05) is 25.0 Å². The smallest absolute Gasteiger partial charge is 0.171 e. The lowest BCUT2D eigenvalue weighted by atomic mass is 10.4. The highest BCUT2D eigenvalue weighted by Crippen LogP contribution is 2.11. The van der Waals surface area contributed by atoms with Crippen LogP contribution in [0, 0.1) is 12.3 Å². The summed E-state index contributed by atoms with van der Waals surface area (Å²) >= 11 is 5.16. The van der Waals surface area contributed by atoms with Gasteiger partial charge in [0, 0.05) is 25.4 Å². The minimum absolute atomic E-state index is 0.529. The Hall–Kier alpha value is -2.50. The van der Waals surface area contributed by atoms with Crippen molar-refractivity contribution in [2.45, 2.75) is 20.4 Å². The van der Waals surface area contributed by atoms with E-state index in [1.54, 1.807) is 6.33 Å². The number of rotatable bonds is 7. The van der Waals surface area contributed by atoms with E-state index in [4.69, 9.17) is 18.6 Å². The zero-order valence-corrected chi connectivity index (χ0v) is 14.7. The number of nitrogens with one attached hydrogen (secondary N) is 2. The van der Waals surface area contributed by atoms with Gasteiger partial charge in [0.2, 0.25) is 0 Å². The molecule has 0 amide bonds. The molecule has 2 aromatic rings. The normalized spacial score (nSPS) is 10.4. The zero-order chi connectivity index (χ0) is 17.4. The standard InChI is InChI=1S/C16H21N7S/c1-4-7-22(6-3)9-13-10-23(12-20-13)15-8-14(18-11-19-15)21-16(24)17-5-2/h1,8,10-12H,5-7,9H2,2-3H3,(H2,17,18,19,21,24). The molecule has 0 saturated carbocycles. The summed E-state index contributed by atoms with van der Waals surface area (Å²) in [7, 11) is 0. The molecule has 0 fully saturated rings. The van der Waals surface area contributed by atoms with Crippen molar-refractivity contribution in [3.8, 4) is 18.2 Å². The molecule has 0 aliphatic carbocycles. The lowest BCUT2D eigenvalue weighted by molar-refractivity contribution is 0.312. The first-order chi connectivity index (χ1) is 11.7. The first-order valence-electron chi connectivity index (χ1n) is 7.72. The molecule has 0 saturated heterocycles. The minimum atomic E-state index is 0.529. The Bertz CT molecular complexity index is 719. The zero-order valence-electron chi connectivity index (χ0n) is 13.9. The predicted octanol–water partition coefficient (Wildman–Crippen LogP) is 1.42. The van der Waals surface area contributed by atoms with E-state index in [9.17, 15) is 0 Å². The van der Waals surface area contributed by atoms with Gasteiger partial charge in [-0.1, -0.05) is 12.8 Å². The highest BCUT2D eigenvalue weighted by atomic mass is 32.1. The number of aromatic nitrogens is 4. The molecule has 0 aromatic carbocycles. The van der Waals surface area contributed by atoms with E-state index in [0.717, 1.165) is 18.8 Å². The van der Waals surface area contributed by atoms with E-state index in [2.05, 4.69) is 43.3 Å². The number of terminal acetylenes is 1. The first-order valence-corrected chi connectivity index (χ1v) is 8.13. The van der Waals surface area contributed by atoms with E-state index < -0.39 is 0 Å². The van der Waals surface area contributed by atoms with Gasteiger partial charge in [-0.25, -0.2) is 15.0 Å². The largest absolute Gasteiger partial charge is 0.363 e. The summed E-state index contributed by atoms with van der Waals surface area (Å²) in [5.74, 6) is 4.00. The summed E-state index contributed by atoms with van der Waals surface area (Å²) in [6.07, 6.45) is 10.5. The van der Waals surface area contributed by atoms with Crippen molar-refractivity contribution in [3.05, 3.63) is 30.6 Å². The van der Waals surface area contributed by atoms with Crippen molar-refractivity contribution >= 4 is 23.1 Å². The van der Waals surface area contributed by atoms with E-state index in [-0.39, 0.29) is 0 Å². The third kappa shape index (κ3) is 5.01. The Morgan fingerprint density at radius 1 is 1.38 bits per heavy atom. The lowest BCUT2D eigenvalue weighted by Crippen LogP contribution is -2.28. The monoisotopic (exact) mass is 343 g/mol. The van der Waals surface area contributed by atoms with E-state index >= 15 is 0 Å². The number of anilines is 1. The van der Waals surface area contributed by atoms with Gasteiger partial charge in [0.25, 0.3) is 0 Å². The number of hydrogen-bond donors (Lipinski definition) is 2. The quantitative estimate of drug-likeness (QED) is 0.582. The Balaban J connectivity index is 2.09. The van der Waals surface area contributed by atoms with E-state index in [1.165, 1.54) is 6.33 Å². The molecule has 0 spiro atoms. The SMILES string of the molecule is C#CCN(CC)Cc1cn(-c2cc(NC(=S)NCC)ncn2)cn1. The average Bonchev–Trinajstić information content (AvgIpc) is 3.03. The number of nitrogens with zero attached hydrogens (tertiary/aromatic N) is 5. The summed E-state index contributed by atoms with van der Waals surface area (Å²) in [5.41, 5.74) is 0.934. The molecular weight excluding hydrogens is 322 g/mol. The molecule has 126 valence electrons. The summed E-state index contributed by atoms with van der Waals surface area (Å²) in [6.45, 7) is 6.98. The van der Waals surface area contributed by atoms with Gasteiger partial charge in [-0.05, 0) is 25.7 Å². The molecule has 0 unspecified atom stereocenters. The minimum Gasteiger partial charge on any atom is -0.363 e. The Morgan fingerprint density at radius 2 is 2.21 bits per heavy atom. The predicted molar refractivity (Wildman–Crippen MR) is 98.8 cm³/mol. The van der Waals surface area contributed by atoms with Gasteiger partial charge in [0.1, 0.15) is 24.3 Å². The fraction of sp³-hybridized carbons (Fsp3) is 0.375. The van der Waals surface area contributed by atoms with Crippen LogP contribution in [0.2, 0.25) is 0 Å². The molecule has 0 radical (unpaired) electrons. The summed E-state index contributed by atoms with van der Waals surface area (Å²) in [6, 6.07) is 1.81. The molecule has 2 aromatic heterocycles. The third-order valence-electron chi connectivity index (χ3n) is 3.28. The van der Waals surface area contributed by atoms with E-state index in [1.807, 2.05) is 23.8 Å². The van der Waals surface area contributed by atoms with Gasteiger partial charge in [0.05, 0.1) is 12.2 Å². The first kappa shape index (κ1) is 17.8. The fourth-order valence-corrected chi connectivity index (χ4v) is 2.33. The molecule has 2 heterocycles. The molecule has 2 rings (SSSR count). The van der Waals surface area contributed by atoms with Crippen LogP contribution >= 0.6 is 12.2 Å². The topological polar surface area (TPSA) is 70.9 Å². The van der Waals surface area contributed by atoms with Gasteiger partial charge in [-0.15, -0.1) is 6.42 Å². The molecule has 7 nitrogen and oxygen atoms in total. The van der Waals surface area contributed by atoms with Crippen LogP contribution in [0.15, 0.2) is 24.9 Å². The van der Waals surface area contributed by atoms with Crippen LogP contribution in [0.4, 0.5) is 5.82 Å². The fourth-order valence-electron chi connectivity index (χ4n) is 2.09. The summed E-state index contributed by atoms with van der Waals surface area (Å²) < 4.78 is 1.85. The molecule has 0 atom stereocenters. The molecule has 8 heteroatoms. The molecule has 2 N–H and O–H groups in total. The number of thiocarbonyl (C=S) groups is 1. The van der Waals surface area contributed by atoms with Gasteiger partial charge < -0.3 is 10.6 Å². The van der Waals surface area contributed by atoms with Crippen molar-refractivity contribution in [3.63, 3.8) is 0 Å². The van der Waals surface area contributed by atoms with Crippen LogP contribution in [0.5, 0.6) is 0 Å². The van der Waals surface area contributed by atoms with Crippen LogP contribution < -0.4 is 10.6 Å². The highest BCUT2D eigenvalue weighted by molar-refractivity contribution is 7.80. The van der Waals surface area contributed by atoms with Crippen LogP contribution in [0.3, 0.4) is 0 Å². The second kappa shape index (κ2) is 8.96. The van der Waals surface area contributed by atoms with Crippen LogP contribution in [0.1, 0.15) is 19.5 Å². The molecule has 24 heavy (non-hydrogen) atoms. The van der Waals surface area contributed by atoms with Gasteiger partial charge in [-0.2, -0.15) is 0 Å². The average molecular weight is 343 g/mol. The summed E-state index contributed by atoms with van der Waals surface area (Å²) in [4.78, 5) is 15.0. The van der Waals surface area contributed by atoms with Gasteiger partial charge >= 0.3 is 0 Å². The van der Waals surface area contributed by atoms with Crippen LogP contribution in [0.25, 0.3) is 5.82 Å². The van der Waals surface area contributed by atoms with Gasteiger partial charge in [0.15, 0.2) is 5.11 Å². The molecule has 0 bridgehead atoms. The highest BCUT2D eigenvalue weighted by Gasteiger charge is 2.08. The van der Waals surface area contributed by atoms with Crippen molar-refractivity contribution in [1.29, 1.82) is 0 Å². The lowest BCUT2D eigenvalue weighted by Gasteiger charge is -2.15. The maximum absolute atomic E-state index is 5.38. The van der Waals surface area contributed by atoms with Gasteiger partial charge in [-0.3, -0.25) is 9.47 Å².